The molecule has 0 aliphatic carbocycles. The minimum atomic E-state index is -0.452. The highest BCUT2D eigenvalue weighted by molar-refractivity contribution is 6.07. The molecule has 0 bridgehead atoms. The van der Waals surface area contributed by atoms with Crippen LogP contribution in [0.1, 0.15) is 32.9 Å². The maximum absolute atomic E-state index is 12.9. The molecule has 6 heteroatoms. The van der Waals surface area contributed by atoms with Crippen LogP contribution >= 0.6 is 0 Å². The van der Waals surface area contributed by atoms with Crippen molar-refractivity contribution < 1.29 is 9.47 Å². The number of hydrogen-bond acceptors (Lipinski definition) is 5. The van der Waals surface area contributed by atoms with Crippen molar-refractivity contribution in [2.24, 2.45) is 18.7 Å². The molecular formula is C22H29N3O3. The van der Waals surface area contributed by atoms with Crippen molar-refractivity contribution in [2.45, 2.75) is 39.7 Å². The number of pyridine rings is 2. The Morgan fingerprint density at radius 2 is 1.96 bits per heavy atom. The van der Waals surface area contributed by atoms with Crippen LogP contribution in [0.2, 0.25) is 0 Å². The van der Waals surface area contributed by atoms with Crippen molar-refractivity contribution in [3.8, 4) is 11.5 Å². The average Bonchev–Trinajstić information content (AvgIpc) is 2.62. The van der Waals surface area contributed by atoms with Crippen molar-refractivity contribution in [1.29, 1.82) is 0 Å². The van der Waals surface area contributed by atoms with Gasteiger partial charge in [0.1, 0.15) is 6.61 Å². The molecule has 1 atom stereocenters. The summed E-state index contributed by atoms with van der Waals surface area (Å²) in [5, 5.41) is 2.41. The lowest BCUT2D eigenvalue weighted by Crippen LogP contribution is -2.43. The minimum absolute atomic E-state index is 0.0762. The topological polar surface area (TPSA) is 79.4 Å². The molecule has 0 aliphatic rings. The van der Waals surface area contributed by atoms with Crippen LogP contribution in [0.25, 0.3) is 21.7 Å². The summed E-state index contributed by atoms with van der Waals surface area (Å²) < 4.78 is 13.3. The van der Waals surface area contributed by atoms with E-state index in [4.69, 9.17) is 15.2 Å². The SMILES string of the molecule is COc1cc2c3ccnc(C)c3c(=O)n(C)c2cc1OCC(C)(N)CC(C)C. The van der Waals surface area contributed by atoms with Crippen LogP contribution in [0.3, 0.4) is 0 Å². The van der Waals surface area contributed by atoms with E-state index in [0.29, 0.717) is 35.1 Å². The van der Waals surface area contributed by atoms with E-state index in [9.17, 15) is 4.79 Å². The molecule has 1 aromatic carbocycles. The number of aryl methyl sites for hydroxylation is 2. The lowest BCUT2D eigenvalue weighted by molar-refractivity contribution is 0.200. The van der Waals surface area contributed by atoms with Crippen LogP contribution in [0.4, 0.5) is 0 Å². The molecular weight excluding hydrogens is 354 g/mol. The van der Waals surface area contributed by atoms with Gasteiger partial charge in [-0.25, -0.2) is 0 Å². The lowest BCUT2D eigenvalue weighted by Gasteiger charge is -2.27. The van der Waals surface area contributed by atoms with Crippen LogP contribution in [0.15, 0.2) is 29.2 Å². The summed E-state index contributed by atoms with van der Waals surface area (Å²) in [7, 11) is 3.37. The van der Waals surface area contributed by atoms with Gasteiger partial charge >= 0.3 is 0 Å². The molecule has 2 heterocycles. The zero-order chi connectivity index (χ0) is 20.6. The quantitative estimate of drug-likeness (QED) is 0.659. The predicted octanol–water partition coefficient (Wildman–Crippen LogP) is 3.55. The summed E-state index contributed by atoms with van der Waals surface area (Å²) in [6, 6.07) is 5.64. The van der Waals surface area contributed by atoms with E-state index in [0.717, 1.165) is 22.7 Å². The number of ether oxygens (including phenoxy) is 2. The van der Waals surface area contributed by atoms with Gasteiger partial charge in [0.25, 0.3) is 5.56 Å². The second kappa shape index (κ2) is 7.43. The minimum Gasteiger partial charge on any atom is -0.493 e. The molecule has 28 heavy (non-hydrogen) atoms. The van der Waals surface area contributed by atoms with Crippen molar-refractivity contribution in [3.63, 3.8) is 0 Å². The highest BCUT2D eigenvalue weighted by Gasteiger charge is 2.22. The van der Waals surface area contributed by atoms with Crippen molar-refractivity contribution >= 4 is 21.7 Å². The number of aromatic nitrogens is 2. The van der Waals surface area contributed by atoms with Gasteiger partial charge in [0.05, 0.1) is 23.7 Å². The largest absolute Gasteiger partial charge is 0.493 e. The summed E-state index contributed by atoms with van der Waals surface area (Å²) >= 11 is 0. The molecule has 0 fully saturated rings. The van der Waals surface area contributed by atoms with Gasteiger partial charge in [-0.3, -0.25) is 9.78 Å². The van der Waals surface area contributed by atoms with Gasteiger partial charge in [-0.2, -0.15) is 0 Å². The third-order valence-electron chi connectivity index (χ3n) is 5.02. The normalized spacial score (nSPS) is 13.9. The lowest BCUT2D eigenvalue weighted by atomic mass is 9.93. The van der Waals surface area contributed by atoms with E-state index in [1.54, 1.807) is 24.9 Å². The highest BCUT2D eigenvalue weighted by Crippen LogP contribution is 2.35. The molecule has 0 amide bonds. The smallest absolute Gasteiger partial charge is 0.260 e. The number of rotatable bonds is 6. The van der Waals surface area contributed by atoms with E-state index < -0.39 is 5.54 Å². The molecule has 1 unspecified atom stereocenters. The first kappa shape index (κ1) is 20.1. The first-order valence-electron chi connectivity index (χ1n) is 9.52. The average molecular weight is 383 g/mol. The summed E-state index contributed by atoms with van der Waals surface area (Å²) in [6.07, 6.45) is 2.57. The zero-order valence-corrected chi connectivity index (χ0v) is 17.5. The van der Waals surface area contributed by atoms with E-state index in [2.05, 4.69) is 18.8 Å². The zero-order valence-electron chi connectivity index (χ0n) is 17.5. The van der Waals surface area contributed by atoms with E-state index in [1.165, 1.54) is 0 Å². The van der Waals surface area contributed by atoms with Gasteiger partial charge in [-0.1, -0.05) is 13.8 Å². The number of methoxy groups -OCH3 is 1. The fourth-order valence-electron chi connectivity index (χ4n) is 3.89. The van der Waals surface area contributed by atoms with E-state index in [1.807, 2.05) is 32.0 Å². The first-order valence-corrected chi connectivity index (χ1v) is 9.52. The summed E-state index contributed by atoms with van der Waals surface area (Å²) in [6.45, 7) is 8.47. The first-order chi connectivity index (χ1) is 13.1. The van der Waals surface area contributed by atoms with Gasteiger partial charge in [0.15, 0.2) is 11.5 Å². The Hall–Kier alpha value is -2.60. The molecule has 0 saturated carbocycles. The van der Waals surface area contributed by atoms with Gasteiger partial charge in [-0.15, -0.1) is 0 Å². The second-order valence-electron chi connectivity index (χ2n) is 8.24. The molecule has 0 spiro atoms. The second-order valence-corrected chi connectivity index (χ2v) is 8.24. The molecule has 6 nitrogen and oxygen atoms in total. The van der Waals surface area contributed by atoms with Crippen molar-refractivity contribution in [1.82, 2.24) is 9.55 Å². The van der Waals surface area contributed by atoms with Crippen LogP contribution in [0.5, 0.6) is 11.5 Å². The van der Waals surface area contributed by atoms with Crippen LogP contribution in [-0.4, -0.2) is 28.8 Å². The summed E-state index contributed by atoms with van der Waals surface area (Å²) in [5.41, 5.74) is 7.35. The van der Waals surface area contributed by atoms with Gasteiger partial charge in [0, 0.05) is 35.6 Å². The van der Waals surface area contributed by atoms with Crippen LogP contribution < -0.4 is 20.8 Å². The standard InChI is InChI=1S/C22H29N3O3/c1-13(2)11-22(4,23)12-28-19-10-17-16(9-18(19)27-6)15-7-8-24-14(3)20(15)21(26)25(17)5/h7-10,13H,11-12,23H2,1-6H3. The number of nitrogens with two attached hydrogens (primary N) is 1. The molecule has 0 saturated heterocycles. The van der Waals surface area contributed by atoms with Crippen molar-refractivity contribution in [2.75, 3.05) is 13.7 Å². The maximum atomic E-state index is 12.9. The van der Waals surface area contributed by atoms with Gasteiger partial charge in [-0.05, 0) is 38.3 Å². The Morgan fingerprint density at radius 3 is 2.61 bits per heavy atom. The summed E-state index contributed by atoms with van der Waals surface area (Å²) in [4.78, 5) is 17.2. The third kappa shape index (κ3) is 3.69. The maximum Gasteiger partial charge on any atom is 0.260 e. The van der Waals surface area contributed by atoms with E-state index in [-0.39, 0.29) is 5.56 Å². The van der Waals surface area contributed by atoms with Crippen LogP contribution in [-0.2, 0) is 7.05 Å². The number of fused-ring (bicyclic) bond motifs is 3. The number of hydrogen-bond donors (Lipinski definition) is 1. The Balaban J connectivity index is 2.15. The number of benzene rings is 1. The molecule has 2 aromatic heterocycles. The molecule has 0 radical (unpaired) electrons. The van der Waals surface area contributed by atoms with Gasteiger partial charge < -0.3 is 19.8 Å². The Labute approximate surface area is 165 Å². The Bertz CT molecular complexity index is 1080. The molecule has 2 N–H and O–H groups in total. The molecule has 3 aromatic rings. The van der Waals surface area contributed by atoms with E-state index >= 15 is 0 Å². The molecule has 150 valence electrons. The van der Waals surface area contributed by atoms with Crippen LogP contribution in [0, 0.1) is 12.8 Å². The molecule has 3 rings (SSSR count). The summed E-state index contributed by atoms with van der Waals surface area (Å²) in [5.74, 6) is 1.67. The highest BCUT2D eigenvalue weighted by atomic mass is 16.5. The Morgan fingerprint density at radius 1 is 1.25 bits per heavy atom. The molecule has 0 aliphatic heterocycles. The Kier molecular flexibility index (Phi) is 5.35. The predicted molar refractivity (Wildman–Crippen MR) is 113 cm³/mol. The number of nitrogens with zero attached hydrogens (tertiary/aromatic N) is 2. The van der Waals surface area contributed by atoms with Gasteiger partial charge in [0.2, 0.25) is 0 Å². The fraction of sp³-hybridized carbons (Fsp3) is 0.455. The monoisotopic (exact) mass is 383 g/mol. The van der Waals surface area contributed by atoms with Crippen molar-refractivity contribution in [3.05, 3.63) is 40.4 Å². The third-order valence-corrected chi connectivity index (χ3v) is 5.02. The fourth-order valence-corrected chi connectivity index (χ4v) is 3.89.